The average molecular weight is 251 g/mol. The highest BCUT2D eigenvalue weighted by atomic mass is 14.8. The minimum absolute atomic E-state index is 0.592. The second kappa shape index (κ2) is 6.67. The van der Waals surface area contributed by atoms with Crippen molar-refractivity contribution < 1.29 is 0 Å². The third-order valence-electron chi connectivity index (χ3n) is 2.94. The third kappa shape index (κ3) is 3.40. The lowest BCUT2D eigenvalue weighted by atomic mass is 10.00. The Bertz CT molecular complexity index is 585. The van der Waals surface area contributed by atoms with Gasteiger partial charge in [0.15, 0.2) is 0 Å². The Morgan fingerprint density at radius 3 is 2.89 bits per heavy atom. The van der Waals surface area contributed by atoms with E-state index in [4.69, 9.17) is 5.26 Å². The highest BCUT2D eigenvalue weighted by Gasteiger charge is 2.05. The summed E-state index contributed by atoms with van der Waals surface area (Å²) < 4.78 is 0. The summed E-state index contributed by atoms with van der Waals surface area (Å²) >= 11 is 0. The molecule has 1 aromatic heterocycles. The number of hydrogen-bond donors (Lipinski definition) is 1. The molecule has 0 bridgehead atoms. The zero-order chi connectivity index (χ0) is 13.5. The molecule has 2 aromatic rings. The zero-order valence-electron chi connectivity index (χ0n) is 11.1. The van der Waals surface area contributed by atoms with Crippen LogP contribution in [0.15, 0.2) is 42.7 Å². The van der Waals surface area contributed by atoms with Crippen LogP contribution in [0, 0.1) is 11.3 Å². The number of benzene rings is 1. The number of nitrogens with one attached hydrogen (secondary N) is 1. The monoisotopic (exact) mass is 251 g/mol. The van der Waals surface area contributed by atoms with Crippen molar-refractivity contribution in [2.24, 2.45) is 0 Å². The second-order valence-corrected chi connectivity index (χ2v) is 4.41. The molecule has 0 spiro atoms. The molecule has 0 amide bonds. The first kappa shape index (κ1) is 13.3. The lowest BCUT2D eigenvalue weighted by Crippen LogP contribution is -2.14. The predicted molar refractivity (Wildman–Crippen MR) is 76.4 cm³/mol. The van der Waals surface area contributed by atoms with Gasteiger partial charge in [-0.05, 0) is 30.2 Å². The van der Waals surface area contributed by atoms with Gasteiger partial charge in [-0.15, -0.1) is 0 Å². The topological polar surface area (TPSA) is 48.7 Å². The summed E-state index contributed by atoms with van der Waals surface area (Å²) in [6, 6.07) is 12.2. The number of nitrogens with zero attached hydrogens (tertiary/aromatic N) is 2. The van der Waals surface area contributed by atoms with Crippen LogP contribution in [0.4, 0.5) is 0 Å². The molecule has 19 heavy (non-hydrogen) atoms. The van der Waals surface area contributed by atoms with Crippen LogP contribution in [-0.4, -0.2) is 11.5 Å². The molecule has 3 heteroatoms. The van der Waals surface area contributed by atoms with E-state index >= 15 is 0 Å². The fourth-order valence-corrected chi connectivity index (χ4v) is 2.00. The first-order valence-corrected chi connectivity index (χ1v) is 6.49. The maximum Gasteiger partial charge on any atom is 0.101 e. The van der Waals surface area contributed by atoms with Gasteiger partial charge in [-0.25, -0.2) is 0 Å². The Morgan fingerprint density at radius 1 is 1.26 bits per heavy atom. The summed E-state index contributed by atoms with van der Waals surface area (Å²) in [6.45, 7) is 3.99. The third-order valence-corrected chi connectivity index (χ3v) is 2.94. The number of nitriles is 1. The van der Waals surface area contributed by atoms with E-state index in [9.17, 15) is 0 Å². The molecule has 2 rings (SSSR count). The van der Waals surface area contributed by atoms with E-state index in [1.165, 1.54) is 5.56 Å². The van der Waals surface area contributed by atoms with Gasteiger partial charge in [-0.1, -0.05) is 31.2 Å². The van der Waals surface area contributed by atoms with Gasteiger partial charge in [0.1, 0.15) is 6.07 Å². The summed E-state index contributed by atoms with van der Waals surface area (Å²) in [5.41, 5.74) is 3.95. The lowest BCUT2D eigenvalue weighted by molar-refractivity contribution is 0.676. The summed E-state index contributed by atoms with van der Waals surface area (Å²) in [4.78, 5) is 4.13. The van der Waals surface area contributed by atoms with Gasteiger partial charge in [-0.2, -0.15) is 5.26 Å². The fourth-order valence-electron chi connectivity index (χ4n) is 2.00. The van der Waals surface area contributed by atoms with Gasteiger partial charge in [0.05, 0.1) is 5.56 Å². The van der Waals surface area contributed by atoms with Crippen molar-refractivity contribution >= 4 is 0 Å². The average Bonchev–Trinajstić information content (AvgIpc) is 2.48. The largest absolute Gasteiger partial charge is 0.313 e. The van der Waals surface area contributed by atoms with Crippen molar-refractivity contribution in [3.8, 4) is 17.2 Å². The van der Waals surface area contributed by atoms with Crippen LogP contribution in [0.2, 0.25) is 0 Å². The van der Waals surface area contributed by atoms with Crippen molar-refractivity contribution in [3.63, 3.8) is 0 Å². The minimum Gasteiger partial charge on any atom is -0.313 e. The number of rotatable bonds is 5. The quantitative estimate of drug-likeness (QED) is 0.831. The Balaban J connectivity index is 2.30. The van der Waals surface area contributed by atoms with Gasteiger partial charge in [0.2, 0.25) is 0 Å². The van der Waals surface area contributed by atoms with Crippen molar-refractivity contribution in [2.75, 3.05) is 6.54 Å². The molecule has 0 saturated carbocycles. The normalized spacial score (nSPS) is 10.1. The molecule has 0 aliphatic rings. The Hall–Kier alpha value is -2.18. The molecule has 0 fully saturated rings. The highest BCUT2D eigenvalue weighted by molar-refractivity contribution is 5.67. The van der Waals surface area contributed by atoms with Crippen LogP contribution in [0.5, 0.6) is 0 Å². The molecule has 1 N–H and O–H groups in total. The smallest absolute Gasteiger partial charge is 0.101 e. The van der Waals surface area contributed by atoms with Crippen molar-refractivity contribution in [3.05, 3.63) is 53.9 Å². The fraction of sp³-hybridized carbons (Fsp3) is 0.250. The maximum atomic E-state index is 8.95. The van der Waals surface area contributed by atoms with Crippen LogP contribution >= 0.6 is 0 Å². The molecule has 0 unspecified atom stereocenters. The van der Waals surface area contributed by atoms with E-state index in [0.717, 1.165) is 30.6 Å². The van der Waals surface area contributed by atoms with Crippen LogP contribution in [0.25, 0.3) is 11.1 Å². The van der Waals surface area contributed by atoms with Crippen LogP contribution in [0.1, 0.15) is 24.5 Å². The molecule has 1 heterocycles. The van der Waals surface area contributed by atoms with Crippen LogP contribution in [-0.2, 0) is 6.54 Å². The van der Waals surface area contributed by atoms with Gasteiger partial charge in [0.25, 0.3) is 0 Å². The lowest BCUT2D eigenvalue weighted by Gasteiger charge is -2.10. The van der Waals surface area contributed by atoms with E-state index in [0.29, 0.717) is 5.56 Å². The van der Waals surface area contributed by atoms with E-state index in [1.54, 1.807) is 12.4 Å². The van der Waals surface area contributed by atoms with E-state index in [2.05, 4.69) is 35.4 Å². The highest BCUT2D eigenvalue weighted by Crippen LogP contribution is 2.23. The molecule has 0 aliphatic heterocycles. The second-order valence-electron chi connectivity index (χ2n) is 4.41. The van der Waals surface area contributed by atoms with Gasteiger partial charge >= 0.3 is 0 Å². The van der Waals surface area contributed by atoms with E-state index in [-0.39, 0.29) is 0 Å². The summed E-state index contributed by atoms with van der Waals surface area (Å²) in [6.07, 6.45) is 4.51. The SMILES string of the molecule is CCCNCc1ccccc1-c1cncc(C#N)c1. The van der Waals surface area contributed by atoms with Gasteiger partial charge < -0.3 is 5.32 Å². The van der Waals surface area contributed by atoms with Crippen molar-refractivity contribution in [1.82, 2.24) is 10.3 Å². The minimum atomic E-state index is 0.592. The molecule has 0 atom stereocenters. The number of pyridine rings is 1. The summed E-state index contributed by atoms with van der Waals surface area (Å²) in [5, 5.41) is 12.4. The zero-order valence-corrected chi connectivity index (χ0v) is 11.1. The molecule has 0 aliphatic carbocycles. The first-order chi connectivity index (χ1) is 9.35. The molecule has 0 radical (unpaired) electrons. The van der Waals surface area contributed by atoms with Gasteiger partial charge in [0, 0.05) is 24.5 Å². The molecular formula is C16H17N3. The molecule has 3 nitrogen and oxygen atoms in total. The molecule has 1 aromatic carbocycles. The summed E-state index contributed by atoms with van der Waals surface area (Å²) in [5.74, 6) is 0. The Labute approximate surface area is 113 Å². The molecule has 96 valence electrons. The standard InChI is InChI=1S/C16H17N3/c1-2-7-18-11-14-5-3-4-6-16(14)15-8-13(9-17)10-19-12-15/h3-6,8,10,12,18H,2,7,11H2,1H3. The predicted octanol–water partition coefficient (Wildman–Crippen LogP) is 3.12. The summed E-state index contributed by atoms with van der Waals surface area (Å²) in [7, 11) is 0. The van der Waals surface area contributed by atoms with E-state index in [1.807, 2.05) is 18.2 Å². The molecular weight excluding hydrogens is 234 g/mol. The number of hydrogen-bond acceptors (Lipinski definition) is 3. The molecule has 0 saturated heterocycles. The number of aromatic nitrogens is 1. The van der Waals surface area contributed by atoms with Crippen LogP contribution < -0.4 is 5.32 Å². The van der Waals surface area contributed by atoms with Gasteiger partial charge in [-0.3, -0.25) is 4.98 Å². The Kier molecular flexibility index (Phi) is 4.66. The Morgan fingerprint density at radius 2 is 2.11 bits per heavy atom. The maximum absolute atomic E-state index is 8.95. The van der Waals surface area contributed by atoms with Crippen molar-refractivity contribution in [2.45, 2.75) is 19.9 Å². The van der Waals surface area contributed by atoms with E-state index < -0.39 is 0 Å². The first-order valence-electron chi connectivity index (χ1n) is 6.49. The van der Waals surface area contributed by atoms with Crippen molar-refractivity contribution in [1.29, 1.82) is 5.26 Å². The van der Waals surface area contributed by atoms with Crippen LogP contribution in [0.3, 0.4) is 0 Å².